The van der Waals surface area contributed by atoms with Gasteiger partial charge in [-0.3, -0.25) is 4.99 Å². The van der Waals surface area contributed by atoms with Crippen molar-refractivity contribution in [3.05, 3.63) is 64.1 Å². The Hall–Kier alpha value is -1.26. The first kappa shape index (κ1) is 13.7. The zero-order chi connectivity index (χ0) is 13.9. The molecule has 0 bridgehead atoms. The Kier molecular flexibility index (Phi) is 4.13. The van der Waals surface area contributed by atoms with Crippen LogP contribution in [0.25, 0.3) is 0 Å². The number of thioether (sulfide) groups is 1. The first-order valence-corrected chi connectivity index (χ1v) is 8.19. The molecule has 1 aliphatic rings. The maximum absolute atomic E-state index is 4.60. The van der Waals surface area contributed by atoms with Gasteiger partial charge in [0.05, 0.1) is 11.8 Å². The Labute approximate surface area is 131 Å². The van der Waals surface area contributed by atoms with E-state index in [4.69, 9.17) is 0 Å². The lowest BCUT2D eigenvalue weighted by Crippen LogP contribution is -2.05. The van der Waals surface area contributed by atoms with Crippen molar-refractivity contribution in [3.8, 4) is 0 Å². The van der Waals surface area contributed by atoms with Crippen LogP contribution >= 0.6 is 27.7 Å². The maximum atomic E-state index is 4.60. The van der Waals surface area contributed by atoms with Gasteiger partial charge in [0.25, 0.3) is 0 Å². The number of anilines is 1. The maximum Gasteiger partial charge on any atom is 0.161 e. The topological polar surface area (TPSA) is 24.4 Å². The first-order valence-electron chi connectivity index (χ1n) is 6.51. The highest BCUT2D eigenvalue weighted by Gasteiger charge is 2.21. The minimum atomic E-state index is 0.426. The van der Waals surface area contributed by atoms with E-state index < -0.39 is 0 Å². The molecule has 1 unspecified atom stereocenters. The van der Waals surface area contributed by atoms with E-state index in [2.05, 4.69) is 75.6 Å². The lowest BCUT2D eigenvalue weighted by atomic mass is 10.1. The van der Waals surface area contributed by atoms with Gasteiger partial charge in [-0.15, -0.1) is 0 Å². The summed E-state index contributed by atoms with van der Waals surface area (Å²) in [7, 11) is 0. The Morgan fingerprint density at radius 3 is 2.75 bits per heavy atom. The SMILES string of the molecule is Cc1cc(NC2=NCC(c3ccccc3)S2)ccc1Br. The molecule has 2 nitrogen and oxygen atoms in total. The Morgan fingerprint density at radius 2 is 2.00 bits per heavy atom. The fraction of sp³-hybridized carbons (Fsp3) is 0.188. The lowest BCUT2D eigenvalue weighted by molar-refractivity contribution is 0.966. The average molecular weight is 347 g/mol. The first-order chi connectivity index (χ1) is 9.72. The van der Waals surface area contributed by atoms with Gasteiger partial charge >= 0.3 is 0 Å². The van der Waals surface area contributed by atoms with Crippen LogP contribution in [0.4, 0.5) is 5.69 Å². The molecule has 1 aliphatic heterocycles. The molecular weight excluding hydrogens is 332 g/mol. The molecule has 1 atom stereocenters. The van der Waals surface area contributed by atoms with Crippen LogP contribution in [-0.4, -0.2) is 11.7 Å². The third-order valence-electron chi connectivity index (χ3n) is 3.24. The molecule has 0 aromatic heterocycles. The zero-order valence-electron chi connectivity index (χ0n) is 11.1. The fourth-order valence-electron chi connectivity index (χ4n) is 2.13. The van der Waals surface area contributed by atoms with Crippen LogP contribution in [0.15, 0.2) is 58.0 Å². The van der Waals surface area contributed by atoms with Crippen molar-refractivity contribution in [2.45, 2.75) is 12.2 Å². The van der Waals surface area contributed by atoms with Gasteiger partial charge in [-0.1, -0.05) is 58.0 Å². The van der Waals surface area contributed by atoms with Crippen LogP contribution in [0.2, 0.25) is 0 Å². The normalized spacial score (nSPS) is 17.9. The Morgan fingerprint density at radius 1 is 1.20 bits per heavy atom. The molecule has 0 saturated heterocycles. The van der Waals surface area contributed by atoms with Gasteiger partial charge in [0, 0.05) is 10.2 Å². The van der Waals surface area contributed by atoms with Gasteiger partial charge in [0.15, 0.2) is 5.17 Å². The lowest BCUT2D eigenvalue weighted by Gasteiger charge is -2.10. The summed E-state index contributed by atoms with van der Waals surface area (Å²) in [5, 5.41) is 4.83. The quantitative estimate of drug-likeness (QED) is 0.825. The molecule has 4 heteroatoms. The van der Waals surface area contributed by atoms with E-state index in [-0.39, 0.29) is 0 Å². The van der Waals surface area contributed by atoms with Crippen LogP contribution in [0.1, 0.15) is 16.4 Å². The number of amidine groups is 1. The van der Waals surface area contributed by atoms with Gasteiger partial charge < -0.3 is 5.32 Å². The molecule has 0 radical (unpaired) electrons. The van der Waals surface area contributed by atoms with E-state index in [0.29, 0.717) is 5.25 Å². The number of benzene rings is 2. The number of rotatable bonds is 2. The molecule has 0 amide bonds. The zero-order valence-corrected chi connectivity index (χ0v) is 13.5. The van der Waals surface area contributed by atoms with E-state index in [9.17, 15) is 0 Å². The highest BCUT2D eigenvalue weighted by Crippen LogP contribution is 2.35. The fourth-order valence-corrected chi connectivity index (χ4v) is 3.42. The van der Waals surface area contributed by atoms with Crippen molar-refractivity contribution in [1.29, 1.82) is 0 Å². The summed E-state index contributed by atoms with van der Waals surface area (Å²) >= 11 is 5.31. The van der Waals surface area contributed by atoms with Crippen molar-refractivity contribution in [1.82, 2.24) is 0 Å². The summed E-state index contributed by atoms with van der Waals surface area (Å²) in [4.78, 5) is 4.60. The summed E-state index contributed by atoms with van der Waals surface area (Å²) in [5.74, 6) is 0. The largest absolute Gasteiger partial charge is 0.335 e. The second-order valence-electron chi connectivity index (χ2n) is 4.75. The average Bonchev–Trinajstić information content (AvgIpc) is 2.92. The number of halogens is 1. The predicted molar refractivity (Wildman–Crippen MR) is 91.6 cm³/mol. The monoisotopic (exact) mass is 346 g/mol. The van der Waals surface area contributed by atoms with E-state index in [0.717, 1.165) is 21.9 Å². The van der Waals surface area contributed by atoms with E-state index in [1.807, 2.05) is 6.07 Å². The van der Waals surface area contributed by atoms with Gasteiger partial charge in [-0.2, -0.15) is 0 Å². The van der Waals surface area contributed by atoms with E-state index >= 15 is 0 Å². The van der Waals surface area contributed by atoms with E-state index in [1.54, 1.807) is 11.8 Å². The van der Waals surface area contributed by atoms with Crippen molar-refractivity contribution >= 4 is 38.5 Å². The number of hydrogen-bond donors (Lipinski definition) is 1. The van der Waals surface area contributed by atoms with Gasteiger partial charge in [-0.25, -0.2) is 0 Å². The minimum Gasteiger partial charge on any atom is -0.335 e. The second-order valence-corrected chi connectivity index (χ2v) is 6.80. The summed E-state index contributed by atoms with van der Waals surface area (Å²) in [5.41, 5.74) is 3.65. The Bertz CT molecular complexity index is 640. The highest BCUT2D eigenvalue weighted by molar-refractivity contribution is 9.10. The standard InChI is InChI=1S/C16H15BrN2S/c1-11-9-13(7-8-14(11)17)19-16-18-10-15(20-16)12-5-3-2-4-6-12/h2-9,15H,10H2,1H3,(H,18,19). The molecule has 102 valence electrons. The molecule has 2 aromatic rings. The minimum absolute atomic E-state index is 0.426. The van der Waals surface area contributed by atoms with Crippen LogP contribution in [-0.2, 0) is 0 Å². The van der Waals surface area contributed by atoms with E-state index in [1.165, 1.54) is 11.1 Å². The number of nitrogens with zero attached hydrogens (tertiary/aromatic N) is 1. The predicted octanol–water partition coefficient (Wildman–Crippen LogP) is 5.01. The van der Waals surface area contributed by atoms with Crippen LogP contribution in [0, 0.1) is 6.92 Å². The van der Waals surface area contributed by atoms with Crippen molar-refractivity contribution in [2.75, 3.05) is 11.9 Å². The van der Waals surface area contributed by atoms with Crippen molar-refractivity contribution in [3.63, 3.8) is 0 Å². The molecular formula is C16H15BrN2S. The summed E-state index contributed by atoms with van der Waals surface area (Å²) in [6.07, 6.45) is 0. The van der Waals surface area contributed by atoms with Gasteiger partial charge in [0.2, 0.25) is 0 Å². The molecule has 0 aliphatic carbocycles. The molecule has 0 saturated carbocycles. The van der Waals surface area contributed by atoms with Crippen molar-refractivity contribution in [2.24, 2.45) is 4.99 Å². The Balaban J connectivity index is 1.67. The van der Waals surface area contributed by atoms with Gasteiger partial charge in [0.1, 0.15) is 0 Å². The smallest absolute Gasteiger partial charge is 0.161 e. The summed E-state index contributed by atoms with van der Waals surface area (Å²) < 4.78 is 1.13. The number of nitrogens with one attached hydrogen (secondary N) is 1. The summed E-state index contributed by atoms with van der Waals surface area (Å²) in [6, 6.07) is 16.8. The molecule has 1 heterocycles. The number of aryl methyl sites for hydroxylation is 1. The summed E-state index contributed by atoms with van der Waals surface area (Å²) in [6.45, 7) is 2.93. The number of hydrogen-bond acceptors (Lipinski definition) is 3. The van der Waals surface area contributed by atoms with Crippen LogP contribution in [0.5, 0.6) is 0 Å². The molecule has 1 N–H and O–H groups in total. The molecule has 0 spiro atoms. The van der Waals surface area contributed by atoms with Crippen LogP contribution in [0.3, 0.4) is 0 Å². The van der Waals surface area contributed by atoms with Crippen LogP contribution < -0.4 is 5.32 Å². The molecule has 2 aromatic carbocycles. The van der Waals surface area contributed by atoms with Gasteiger partial charge in [-0.05, 0) is 36.2 Å². The second kappa shape index (κ2) is 6.02. The number of aliphatic imine (C=N–C) groups is 1. The highest BCUT2D eigenvalue weighted by atomic mass is 79.9. The molecule has 0 fully saturated rings. The third kappa shape index (κ3) is 3.07. The molecule has 3 rings (SSSR count). The van der Waals surface area contributed by atoms with Crippen molar-refractivity contribution < 1.29 is 0 Å². The molecule has 20 heavy (non-hydrogen) atoms. The third-order valence-corrected chi connectivity index (χ3v) is 5.29.